The molecule has 1 saturated heterocycles. The van der Waals surface area contributed by atoms with Crippen LogP contribution in [0.15, 0.2) is 23.7 Å². The molecule has 0 unspecified atom stereocenters. The number of carboxylic acid groups (broad SMARTS) is 1. The Labute approximate surface area is 152 Å². The first-order valence-electron chi connectivity index (χ1n) is 8.27. The molecule has 26 heavy (non-hydrogen) atoms. The lowest BCUT2D eigenvalue weighted by Crippen LogP contribution is -2.41. The summed E-state index contributed by atoms with van der Waals surface area (Å²) in [5.41, 5.74) is -1.10. The van der Waals surface area contributed by atoms with Crippen molar-refractivity contribution in [3.63, 3.8) is 0 Å². The molecule has 1 aliphatic rings. The Hall–Kier alpha value is -2.19. The van der Waals surface area contributed by atoms with Gasteiger partial charge in [0.2, 0.25) is 5.91 Å². The van der Waals surface area contributed by atoms with E-state index in [0.29, 0.717) is 5.47 Å². The Morgan fingerprint density at radius 3 is 2.31 bits per heavy atom. The van der Waals surface area contributed by atoms with E-state index in [0.717, 1.165) is 0 Å². The third-order valence-electron chi connectivity index (χ3n) is 4.71. The van der Waals surface area contributed by atoms with E-state index in [9.17, 15) is 19.1 Å². The smallest absolute Gasteiger partial charge is 0.478 e. The van der Waals surface area contributed by atoms with Crippen LogP contribution in [-0.2, 0) is 14.1 Å². The van der Waals surface area contributed by atoms with Crippen molar-refractivity contribution in [3.8, 4) is 0 Å². The lowest BCUT2D eigenvalue weighted by atomic mass is 9.76. The SMILES string of the molecule is CC(=O)NCC(=Cc1c(F)cccc1C(=O)O)B1OC(C)(C)C(C)(C)O1. The molecule has 2 N–H and O–H groups in total. The molecule has 1 fully saturated rings. The minimum Gasteiger partial charge on any atom is -0.478 e. The van der Waals surface area contributed by atoms with E-state index in [1.807, 2.05) is 27.7 Å². The molecule has 0 aromatic heterocycles. The van der Waals surface area contributed by atoms with Gasteiger partial charge in [0.15, 0.2) is 0 Å². The number of halogens is 1. The maximum Gasteiger partial charge on any atom is 0.492 e. The summed E-state index contributed by atoms with van der Waals surface area (Å²) in [6.07, 6.45) is 1.37. The van der Waals surface area contributed by atoms with Crippen molar-refractivity contribution in [1.82, 2.24) is 5.32 Å². The molecule has 1 aromatic carbocycles. The predicted octanol–water partition coefficient (Wildman–Crippen LogP) is 2.67. The molecule has 1 amide bonds. The summed E-state index contributed by atoms with van der Waals surface area (Å²) in [4.78, 5) is 22.7. The minimum atomic E-state index is -1.25. The summed E-state index contributed by atoms with van der Waals surface area (Å²) < 4.78 is 26.2. The van der Waals surface area contributed by atoms with Crippen LogP contribution in [0.3, 0.4) is 0 Å². The summed E-state index contributed by atoms with van der Waals surface area (Å²) >= 11 is 0. The number of carboxylic acids is 1. The van der Waals surface area contributed by atoms with Gasteiger partial charge in [-0.1, -0.05) is 12.1 Å². The van der Waals surface area contributed by atoms with Gasteiger partial charge in [-0.05, 0) is 45.3 Å². The molecule has 1 aromatic rings. The third-order valence-corrected chi connectivity index (χ3v) is 4.71. The highest BCUT2D eigenvalue weighted by atomic mass is 19.1. The molecule has 1 heterocycles. The van der Waals surface area contributed by atoms with Crippen molar-refractivity contribution >= 4 is 25.1 Å². The molecule has 0 spiro atoms. The number of hydrogen-bond donors (Lipinski definition) is 2. The Morgan fingerprint density at radius 1 is 1.23 bits per heavy atom. The molecule has 1 aliphatic heterocycles. The van der Waals surface area contributed by atoms with Crippen molar-refractivity contribution in [2.24, 2.45) is 0 Å². The number of aromatic carboxylic acids is 1. The number of benzene rings is 1. The van der Waals surface area contributed by atoms with Gasteiger partial charge in [-0.3, -0.25) is 4.79 Å². The van der Waals surface area contributed by atoms with Gasteiger partial charge in [0.05, 0.1) is 16.8 Å². The summed E-state index contributed by atoms with van der Waals surface area (Å²) in [6.45, 7) is 8.88. The second-order valence-corrected chi connectivity index (χ2v) is 7.22. The van der Waals surface area contributed by atoms with Crippen LogP contribution < -0.4 is 5.32 Å². The molecule has 6 nitrogen and oxygen atoms in total. The fourth-order valence-electron chi connectivity index (χ4n) is 2.48. The van der Waals surface area contributed by atoms with Crippen LogP contribution in [0.1, 0.15) is 50.5 Å². The fraction of sp³-hybridized carbons (Fsp3) is 0.444. The molecule has 2 rings (SSSR count). The monoisotopic (exact) mass is 363 g/mol. The van der Waals surface area contributed by atoms with E-state index >= 15 is 0 Å². The molecule has 140 valence electrons. The molecule has 0 saturated carbocycles. The van der Waals surface area contributed by atoms with Crippen molar-refractivity contribution in [1.29, 1.82) is 0 Å². The average molecular weight is 363 g/mol. The lowest BCUT2D eigenvalue weighted by molar-refractivity contribution is -0.118. The van der Waals surface area contributed by atoms with Gasteiger partial charge in [0.25, 0.3) is 0 Å². The Morgan fingerprint density at radius 2 is 1.81 bits per heavy atom. The Bertz CT molecular complexity index is 744. The van der Waals surface area contributed by atoms with Gasteiger partial charge < -0.3 is 19.7 Å². The van der Waals surface area contributed by atoms with E-state index in [4.69, 9.17) is 9.31 Å². The van der Waals surface area contributed by atoms with E-state index in [2.05, 4.69) is 5.32 Å². The molecular weight excluding hydrogens is 340 g/mol. The molecule has 0 atom stereocenters. The van der Waals surface area contributed by atoms with Crippen LogP contribution in [0.2, 0.25) is 0 Å². The van der Waals surface area contributed by atoms with Gasteiger partial charge in [-0.2, -0.15) is 0 Å². The third kappa shape index (κ3) is 4.13. The van der Waals surface area contributed by atoms with Crippen molar-refractivity contribution in [2.45, 2.75) is 45.8 Å². The van der Waals surface area contributed by atoms with E-state index < -0.39 is 30.1 Å². The summed E-state index contributed by atoms with van der Waals surface area (Å²) in [5.74, 6) is -2.20. The standard InChI is InChI=1S/C18H23BFNO5/c1-11(22)21-10-12(19-25-17(2,3)18(4,5)26-19)9-14-13(16(23)24)7-6-8-15(14)20/h6-9H,10H2,1-5H3,(H,21,22)(H,23,24). The Kier molecular flexibility index (Phi) is 5.58. The lowest BCUT2D eigenvalue weighted by Gasteiger charge is -2.32. The van der Waals surface area contributed by atoms with Gasteiger partial charge in [0.1, 0.15) is 5.82 Å². The number of nitrogens with one attached hydrogen (secondary N) is 1. The number of hydrogen-bond acceptors (Lipinski definition) is 4. The average Bonchev–Trinajstić information content (AvgIpc) is 2.72. The fourth-order valence-corrected chi connectivity index (χ4v) is 2.48. The van der Waals surface area contributed by atoms with Crippen LogP contribution in [0.4, 0.5) is 4.39 Å². The number of rotatable bonds is 5. The number of carbonyl (C=O) groups is 2. The second-order valence-electron chi connectivity index (χ2n) is 7.22. The first-order chi connectivity index (χ1) is 11.9. The highest BCUT2D eigenvalue weighted by molar-refractivity contribution is 6.56. The van der Waals surface area contributed by atoms with Crippen molar-refractivity contribution < 1.29 is 28.4 Å². The van der Waals surface area contributed by atoms with Crippen LogP contribution in [0.5, 0.6) is 0 Å². The molecule has 8 heteroatoms. The normalized spacial score (nSPS) is 18.7. The van der Waals surface area contributed by atoms with Crippen molar-refractivity contribution in [3.05, 3.63) is 40.6 Å². The van der Waals surface area contributed by atoms with E-state index in [1.165, 1.54) is 31.2 Å². The van der Waals surface area contributed by atoms with Crippen LogP contribution in [-0.4, -0.2) is 41.8 Å². The topological polar surface area (TPSA) is 84.9 Å². The highest BCUT2D eigenvalue weighted by Gasteiger charge is 2.52. The van der Waals surface area contributed by atoms with Gasteiger partial charge >= 0.3 is 13.1 Å². The second kappa shape index (κ2) is 7.21. The maximum atomic E-state index is 14.3. The summed E-state index contributed by atoms with van der Waals surface area (Å²) in [5, 5.41) is 12.0. The first-order valence-corrected chi connectivity index (χ1v) is 8.27. The zero-order valence-electron chi connectivity index (χ0n) is 15.6. The highest BCUT2D eigenvalue weighted by Crippen LogP contribution is 2.39. The van der Waals surface area contributed by atoms with Gasteiger partial charge in [-0.25, -0.2) is 9.18 Å². The van der Waals surface area contributed by atoms with Crippen molar-refractivity contribution in [2.75, 3.05) is 6.54 Å². The number of amides is 1. The zero-order valence-corrected chi connectivity index (χ0v) is 15.6. The van der Waals surface area contributed by atoms with E-state index in [-0.39, 0.29) is 23.6 Å². The minimum absolute atomic E-state index is 0.0412. The predicted molar refractivity (Wildman–Crippen MR) is 96.1 cm³/mol. The summed E-state index contributed by atoms with van der Waals surface area (Å²) in [6, 6.07) is 3.83. The number of carbonyl (C=O) groups excluding carboxylic acids is 1. The molecular formula is C18H23BFNO5. The molecule has 0 aliphatic carbocycles. The van der Waals surface area contributed by atoms with E-state index in [1.54, 1.807) is 0 Å². The largest absolute Gasteiger partial charge is 0.492 e. The van der Waals surface area contributed by atoms with Crippen LogP contribution in [0.25, 0.3) is 6.08 Å². The zero-order chi connectivity index (χ0) is 19.7. The van der Waals surface area contributed by atoms with Crippen LogP contribution >= 0.6 is 0 Å². The maximum absolute atomic E-state index is 14.3. The van der Waals surface area contributed by atoms with Gasteiger partial charge in [-0.15, -0.1) is 0 Å². The summed E-state index contributed by atoms with van der Waals surface area (Å²) in [7, 11) is -0.840. The Balaban J connectivity index is 2.49. The van der Waals surface area contributed by atoms with Crippen LogP contribution in [0, 0.1) is 5.82 Å². The first kappa shape index (κ1) is 20.1. The quantitative estimate of drug-likeness (QED) is 0.786. The molecule has 0 radical (unpaired) electrons. The van der Waals surface area contributed by atoms with Gasteiger partial charge in [0, 0.05) is 19.0 Å². The molecule has 0 bridgehead atoms.